The van der Waals surface area contributed by atoms with Gasteiger partial charge in [0.15, 0.2) is 11.5 Å². The number of carbonyl (C=O) groups excluding carboxylic acids is 2. The van der Waals surface area contributed by atoms with Crippen molar-refractivity contribution in [2.24, 2.45) is 17.8 Å². The molecule has 0 unspecified atom stereocenters. The molecule has 4 atom stereocenters. The first kappa shape index (κ1) is 30.5. The van der Waals surface area contributed by atoms with Gasteiger partial charge in [0.25, 0.3) is 0 Å². The van der Waals surface area contributed by atoms with E-state index in [0.29, 0.717) is 34.3 Å². The fraction of sp³-hybridized carbons (Fsp3) is 0.324. The summed E-state index contributed by atoms with van der Waals surface area (Å²) in [7, 11) is 0.486. The highest BCUT2D eigenvalue weighted by atomic mass is 127. The van der Waals surface area contributed by atoms with E-state index in [1.54, 1.807) is 24.4 Å². The van der Waals surface area contributed by atoms with E-state index in [1.165, 1.54) is 12.0 Å². The summed E-state index contributed by atoms with van der Waals surface area (Å²) < 4.78 is 12.3. The van der Waals surface area contributed by atoms with E-state index in [0.717, 1.165) is 34.4 Å². The van der Waals surface area contributed by atoms with Gasteiger partial charge in [0, 0.05) is 6.20 Å². The molecule has 0 saturated carbocycles. The number of aromatic nitrogens is 1. The van der Waals surface area contributed by atoms with E-state index in [9.17, 15) is 19.7 Å². The summed E-state index contributed by atoms with van der Waals surface area (Å²) in [4.78, 5) is 33.5. The number of methoxy groups -OCH3 is 1. The van der Waals surface area contributed by atoms with Crippen molar-refractivity contribution in [1.29, 1.82) is 0 Å². The molecule has 3 aliphatic rings. The minimum absolute atomic E-state index is 0.0978. The molecule has 3 heterocycles. The Bertz CT molecular complexity index is 1630. The summed E-state index contributed by atoms with van der Waals surface area (Å²) in [5.74, 6) is -1.09. The lowest BCUT2D eigenvalue weighted by atomic mass is 9.58. The molecule has 0 radical (unpaired) electrons. The molecular weight excluding hydrogens is 670 g/mol. The lowest BCUT2D eigenvalue weighted by Gasteiger charge is -2.43. The van der Waals surface area contributed by atoms with Crippen molar-refractivity contribution in [2.75, 3.05) is 12.0 Å². The van der Waals surface area contributed by atoms with Gasteiger partial charge in [-0.15, -0.1) is 0 Å². The van der Waals surface area contributed by atoms with Crippen molar-refractivity contribution in [3.8, 4) is 11.5 Å². The van der Waals surface area contributed by atoms with E-state index >= 15 is 0 Å². The van der Waals surface area contributed by atoms with Crippen LogP contribution in [0.15, 0.2) is 78.0 Å². The van der Waals surface area contributed by atoms with E-state index in [-0.39, 0.29) is 29.8 Å². The van der Waals surface area contributed by atoms with Crippen LogP contribution in [-0.4, -0.2) is 47.3 Å². The molecule has 0 spiro atoms. The van der Waals surface area contributed by atoms with Gasteiger partial charge in [-0.1, -0.05) is 36.8 Å². The van der Waals surface area contributed by atoms with Crippen LogP contribution in [0.25, 0.3) is 11.6 Å². The molecule has 1 aromatic heterocycles. The molecule has 3 aromatic rings. The van der Waals surface area contributed by atoms with Crippen molar-refractivity contribution in [2.45, 2.75) is 45.0 Å². The monoisotopic (exact) mass is 704 g/mol. The SMILES string of the molecule is CCC1=C2[C@@H](CC/C(=C/c3cc(I)c(O)c(OC)c3)c3ccccn3)OB(O)C[C@@H]2[C@@H]2C(=O)N(c3ccccc3)C(=O)[C@@H]2C1. The van der Waals surface area contributed by atoms with Crippen LogP contribution in [0.2, 0.25) is 6.32 Å². The van der Waals surface area contributed by atoms with Crippen LogP contribution in [0, 0.1) is 21.3 Å². The predicted molar refractivity (Wildman–Crippen MR) is 178 cm³/mol. The number of phenolic OH excluding ortho intramolecular Hbond substituents is 1. The van der Waals surface area contributed by atoms with Crippen LogP contribution in [0.5, 0.6) is 11.5 Å². The first-order valence-corrected chi connectivity index (χ1v) is 16.0. The number of amides is 2. The maximum atomic E-state index is 13.9. The Morgan fingerprint density at radius 3 is 2.61 bits per heavy atom. The van der Waals surface area contributed by atoms with Gasteiger partial charge in [-0.05, 0) is 120 Å². The number of ether oxygens (including phenoxy) is 1. The first-order chi connectivity index (χ1) is 21.3. The third-order valence-electron chi connectivity index (χ3n) is 9.03. The molecule has 0 bridgehead atoms. The topological polar surface area (TPSA) is 109 Å². The fourth-order valence-electron chi connectivity index (χ4n) is 7.08. The Morgan fingerprint density at radius 2 is 1.91 bits per heavy atom. The van der Waals surface area contributed by atoms with E-state index < -0.39 is 25.1 Å². The number of hydrogen-bond donors (Lipinski definition) is 2. The molecule has 6 rings (SSSR count). The predicted octanol–water partition coefficient (Wildman–Crippen LogP) is 6.13. The average Bonchev–Trinajstić information content (AvgIpc) is 3.29. The highest BCUT2D eigenvalue weighted by molar-refractivity contribution is 14.1. The van der Waals surface area contributed by atoms with Gasteiger partial charge in [0.05, 0.1) is 40.0 Å². The van der Waals surface area contributed by atoms with Crippen LogP contribution < -0.4 is 9.64 Å². The number of imide groups is 1. The number of rotatable bonds is 8. The zero-order chi connectivity index (χ0) is 31.0. The highest BCUT2D eigenvalue weighted by Crippen LogP contribution is 2.52. The summed E-state index contributed by atoms with van der Waals surface area (Å²) in [6, 6.07) is 18.5. The van der Waals surface area contributed by atoms with Gasteiger partial charge >= 0.3 is 7.12 Å². The Morgan fingerprint density at radius 1 is 1.14 bits per heavy atom. The van der Waals surface area contributed by atoms with Crippen LogP contribution in [0.4, 0.5) is 5.69 Å². The molecule has 10 heteroatoms. The number of para-hydroxylation sites is 1. The lowest BCUT2D eigenvalue weighted by Crippen LogP contribution is -2.46. The van der Waals surface area contributed by atoms with Crippen molar-refractivity contribution in [3.05, 3.63) is 92.8 Å². The van der Waals surface area contributed by atoms with Gasteiger partial charge < -0.3 is 19.5 Å². The Labute approximate surface area is 271 Å². The van der Waals surface area contributed by atoms with Crippen molar-refractivity contribution in [1.82, 2.24) is 4.98 Å². The van der Waals surface area contributed by atoms with Crippen LogP contribution >= 0.6 is 22.6 Å². The van der Waals surface area contributed by atoms with Crippen molar-refractivity contribution in [3.63, 3.8) is 0 Å². The standard InChI is InChI=1S/C34H34BIN2O6/c1-3-21-18-24-31(34(41)38(33(24)40)23-9-5-4-6-10-23)25-19-35(42)44-28(30(21)25)13-12-22(27-11-7-8-14-37-27)15-20-16-26(36)32(39)29(17-20)43-2/h4-11,14-17,24-25,28,31,39,42H,3,12-13,18-19H2,1-2H3/b22-15-/t24-,25+,28-,31-/m1/s1. The summed E-state index contributed by atoms with van der Waals surface area (Å²) in [6.45, 7) is 2.08. The fourth-order valence-corrected chi connectivity index (χ4v) is 7.71. The number of fused-ring (bicyclic) bond motifs is 3. The second-order valence-corrected chi connectivity index (χ2v) is 12.7. The van der Waals surface area contributed by atoms with Gasteiger partial charge in [0.2, 0.25) is 11.8 Å². The minimum Gasteiger partial charge on any atom is -0.504 e. The van der Waals surface area contributed by atoms with Crippen molar-refractivity contribution >= 4 is 58.9 Å². The number of carbonyl (C=O) groups is 2. The van der Waals surface area contributed by atoms with Gasteiger partial charge in [0.1, 0.15) is 0 Å². The summed E-state index contributed by atoms with van der Waals surface area (Å²) in [6.07, 6.45) is 6.06. The van der Waals surface area contributed by atoms with E-state index in [4.69, 9.17) is 9.39 Å². The minimum atomic E-state index is -1.04. The molecule has 2 aliphatic heterocycles. The number of phenols is 1. The summed E-state index contributed by atoms with van der Waals surface area (Å²) >= 11 is 2.08. The first-order valence-electron chi connectivity index (χ1n) is 15.0. The lowest BCUT2D eigenvalue weighted by molar-refractivity contribution is -0.122. The molecule has 2 saturated heterocycles. The number of hydrogen-bond acceptors (Lipinski definition) is 7. The molecule has 2 fully saturated rings. The number of anilines is 1. The van der Waals surface area contributed by atoms with Crippen molar-refractivity contribution < 1.29 is 29.1 Å². The zero-order valence-electron chi connectivity index (χ0n) is 24.7. The van der Waals surface area contributed by atoms with Crippen LogP contribution in [-0.2, 0) is 14.2 Å². The smallest absolute Gasteiger partial charge is 0.455 e. The number of pyridine rings is 1. The number of aromatic hydroxyl groups is 1. The van der Waals surface area contributed by atoms with Crippen LogP contribution in [0.3, 0.4) is 0 Å². The Kier molecular flexibility index (Phi) is 8.93. The maximum Gasteiger partial charge on any atom is 0.455 e. The average molecular weight is 704 g/mol. The maximum absolute atomic E-state index is 13.9. The van der Waals surface area contributed by atoms with Crippen LogP contribution in [0.1, 0.15) is 43.9 Å². The van der Waals surface area contributed by atoms with E-state index in [1.807, 2.05) is 48.5 Å². The molecule has 1 aliphatic carbocycles. The quantitative estimate of drug-likeness (QED) is 0.126. The molecule has 2 aromatic carbocycles. The molecule has 8 nitrogen and oxygen atoms in total. The number of halogens is 1. The molecule has 226 valence electrons. The van der Waals surface area contributed by atoms with E-state index in [2.05, 4.69) is 34.5 Å². The molecule has 2 amide bonds. The Balaban J connectivity index is 1.32. The number of benzene rings is 2. The molecule has 2 N–H and O–H groups in total. The zero-order valence-corrected chi connectivity index (χ0v) is 26.8. The van der Waals surface area contributed by atoms with Gasteiger partial charge in [-0.25, -0.2) is 0 Å². The largest absolute Gasteiger partial charge is 0.504 e. The van der Waals surface area contributed by atoms with Gasteiger partial charge in [-0.2, -0.15) is 0 Å². The normalized spacial score (nSPS) is 23.6. The molecule has 44 heavy (non-hydrogen) atoms. The third kappa shape index (κ3) is 5.70. The van der Waals surface area contributed by atoms with Gasteiger partial charge in [-0.3, -0.25) is 19.5 Å². The molecular formula is C34H34BIN2O6. The second-order valence-electron chi connectivity index (χ2n) is 11.5. The second kappa shape index (κ2) is 12.9. The highest BCUT2D eigenvalue weighted by Gasteiger charge is 2.57. The summed E-state index contributed by atoms with van der Waals surface area (Å²) in [5, 5.41) is 21.3. The third-order valence-corrected chi connectivity index (χ3v) is 9.85. The number of allylic oxidation sites excluding steroid dienone is 2. The summed E-state index contributed by atoms with van der Waals surface area (Å²) in [5.41, 5.74) is 5.43. The Hall–Kier alpha value is -3.48. The number of nitrogens with zero attached hydrogens (tertiary/aromatic N) is 2.